The molecule has 1 fully saturated rings. The van der Waals surface area contributed by atoms with Crippen LogP contribution in [0, 0.1) is 0 Å². The van der Waals surface area contributed by atoms with Gasteiger partial charge in [-0.3, -0.25) is 4.79 Å². The van der Waals surface area contributed by atoms with Crippen molar-refractivity contribution in [1.29, 1.82) is 0 Å². The highest BCUT2D eigenvalue weighted by molar-refractivity contribution is 6.63. The summed E-state index contributed by atoms with van der Waals surface area (Å²) in [5, 5.41) is 0. The number of esters is 2. The second-order valence-electron chi connectivity index (χ2n) is 7.02. The Hall–Kier alpha value is -2.06. The zero-order valence-electron chi connectivity index (χ0n) is 16.1. The van der Waals surface area contributed by atoms with Gasteiger partial charge in [-0.15, -0.1) is 0 Å². The van der Waals surface area contributed by atoms with Crippen molar-refractivity contribution in [2.24, 2.45) is 0 Å². The minimum Gasteiger partial charge on any atom is -0.490 e. The number of benzene rings is 1. The Morgan fingerprint density at radius 2 is 1.69 bits per heavy atom. The van der Waals surface area contributed by atoms with Crippen LogP contribution in [0.5, 0.6) is 5.75 Å². The summed E-state index contributed by atoms with van der Waals surface area (Å²) >= 11 is 0. The van der Waals surface area contributed by atoms with Gasteiger partial charge in [0.15, 0.2) is 0 Å². The topological polar surface area (TPSA) is 80.3 Å². The van der Waals surface area contributed by atoms with Gasteiger partial charge in [-0.05, 0) is 45.9 Å². The molecule has 0 radical (unpaired) electrons. The third-order valence-electron chi connectivity index (χ3n) is 4.58. The summed E-state index contributed by atoms with van der Waals surface area (Å²) in [6.07, 6.45) is 0. The molecule has 0 saturated carbocycles. The van der Waals surface area contributed by atoms with E-state index in [1.165, 1.54) is 14.0 Å². The fraction of sp³-hybridized carbons (Fsp3) is 0.556. The second kappa shape index (κ2) is 7.67. The van der Waals surface area contributed by atoms with Crippen LogP contribution < -0.4 is 10.2 Å². The molecule has 1 aromatic rings. The normalized spacial score (nSPS) is 17.7. The van der Waals surface area contributed by atoms with Gasteiger partial charge < -0.3 is 23.5 Å². The summed E-state index contributed by atoms with van der Waals surface area (Å²) in [5.74, 6) is -0.349. The number of carbonyl (C=O) groups is 2. The van der Waals surface area contributed by atoms with Crippen LogP contribution in [0.2, 0.25) is 0 Å². The van der Waals surface area contributed by atoms with E-state index in [9.17, 15) is 9.59 Å². The number of hydrogen-bond acceptors (Lipinski definition) is 7. The molecule has 7 nitrogen and oxygen atoms in total. The summed E-state index contributed by atoms with van der Waals surface area (Å²) < 4.78 is 27.5. The molecule has 1 heterocycles. The van der Waals surface area contributed by atoms with Crippen molar-refractivity contribution in [1.82, 2.24) is 0 Å². The van der Waals surface area contributed by atoms with Gasteiger partial charge in [-0.25, -0.2) is 4.79 Å². The summed E-state index contributed by atoms with van der Waals surface area (Å²) in [6.45, 7) is 9.40. The predicted molar refractivity (Wildman–Crippen MR) is 95.6 cm³/mol. The number of ether oxygens (including phenoxy) is 3. The number of methoxy groups -OCH3 is 1. The number of hydrogen-bond donors (Lipinski definition) is 0. The molecule has 0 aromatic heterocycles. The van der Waals surface area contributed by atoms with E-state index in [4.69, 9.17) is 23.5 Å². The third-order valence-corrected chi connectivity index (χ3v) is 4.58. The molecule has 0 aliphatic carbocycles. The fourth-order valence-corrected chi connectivity index (χ4v) is 2.42. The zero-order chi connectivity index (χ0) is 19.5. The minimum absolute atomic E-state index is 0.122. The van der Waals surface area contributed by atoms with Crippen LogP contribution in [-0.4, -0.2) is 50.6 Å². The van der Waals surface area contributed by atoms with E-state index in [-0.39, 0.29) is 19.2 Å². The Labute approximate surface area is 154 Å². The van der Waals surface area contributed by atoms with Gasteiger partial charge in [0.25, 0.3) is 0 Å². The van der Waals surface area contributed by atoms with Crippen LogP contribution in [0.1, 0.15) is 45.0 Å². The lowest BCUT2D eigenvalue weighted by Crippen LogP contribution is -2.41. The number of rotatable bonds is 6. The van der Waals surface area contributed by atoms with Gasteiger partial charge in [0, 0.05) is 12.4 Å². The van der Waals surface area contributed by atoms with Crippen LogP contribution in [0.3, 0.4) is 0 Å². The Balaban J connectivity index is 2.28. The van der Waals surface area contributed by atoms with Crippen molar-refractivity contribution in [3.8, 4) is 5.75 Å². The van der Waals surface area contributed by atoms with E-state index in [0.29, 0.717) is 16.8 Å². The first-order chi connectivity index (χ1) is 12.1. The molecule has 0 unspecified atom stereocenters. The summed E-state index contributed by atoms with van der Waals surface area (Å²) in [6, 6.07) is 4.89. The molecule has 2 rings (SSSR count). The van der Waals surface area contributed by atoms with E-state index < -0.39 is 24.3 Å². The maximum atomic E-state index is 11.9. The lowest BCUT2D eigenvalue weighted by Gasteiger charge is -2.32. The highest BCUT2D eigenvalue weighted by atomic mass is 16.7. The maximum Gasteiger partial charge on any atom is 0.498 e. The van der Waals surface area contributed by atoms with Gasteiger partial charge in [-0.2, -0.15) is 0 Å². The molecule has 1 aromatic carbocycles. The van der Waals surface area contributed by atoms with Gasteiger partial charge in [0.2, 0.25) is 0 Å². The van der Waals surface area contributed by atoms with Gasteiger partial charge in [0.1, 0.15) is 19.0 Å². The average Bonchev–Trinajstić information content (AvgIpc) is 2.78. The van der Waals surface area contributed by atoms with Crippen molar-refractivity contribution in [3.05, 3.63) is 23.8 Å². The molecule has 0 N–H and O–H groups in total. The molecule has 142 valence electrons. The van der Waals surface area contributed by atoms with Crippen molar-refractivity contribution in [3.63, 3.8) is 0 Å². The molecule has 0 atom stereocenters. The molecular formula is C18H25BO7. The largest absolute Gasteiger partial charge is 0.498 e. The van der Waals surface area contributed by atoms with Crippen LogP contribution in [0.4, 0.5) is 0 Å². The molecule has 1 aliphatic heterocycles. The lowest BCUT2D eigenvalue weighted by atomic mass is 9.77. The van der Waals surface area contributed by atoms with E-state index in [1.807, 2.05) is 27.7 Å². The van der Waals surface area contributed by atoms with Crippen molar-refractivity contribution < 1.29 is 33.1 Å². The van der Waals surface area contributed by atoms with Crippen LogP contribution >= 0.6 is 0 Å². The maximum absolute atomic E-state index is 11.9. The monoisotopic (exact) mass is 364 g/mol. The minimum atomic E-state index is -0.701. The van der Waals surface area contributed by atoms with E-state index in [2.05, 4.69) is 0 Å². The zero-order valence-corrected chi connectivity index (χ0v) is 16.1. The molecule has 0 bridgehead atoms. The van der Waals surface area contributed by atoms with Crippen molar-refractivity contribution >= 4 is 24.5 Å². The van der Waals surface area contributed by atoms with Gasteiger partial charge in [-0.1, -0.05) is 0 Å². The van der Waals surface area contributed by atoms with E-state index >= 15 is 0 Å². The lowest BCUT2D eigenvalue weighted by molar-refractivity contribution is -0.141. The Morgan fingerprint density at radius 3 is 2.23 bits per heavy atom. The molecule has 1 saturated heterocycles. The smallest absolute Gasteiger partial charge is 0.490 e. The first kappa shape index (κ1) is 20.3. The Bertz CT molecular complexity index is 668. The highest BCUT2D eigenvalue weighted by Crippen LogP contribution is 2.37. The van der Waals surface area contributed by atoms with Crippen LogP contribution in [0.25, 0.3) is 0 Å². The van der Waals surface area contributed by atoms with Crippen LogP contribution in [-0.2, 0) is 23.6 Å². The highest BCUT2D eigenvalue weighted by Gasteiger charge is 2.52. The standard InChI is InChI=1S/C18H25BO7/c1-12(20)23-9-10-24-15-8-7-13(16(21)22-6)11-14(15)19-25-17(2,3)18(4,5)26-19/h7-8,11H,9-10H2,1-6H3. The van der Waals surface area contributed by atoms with Crippen molar-refractivity contribution in [2.45, 2.75) is 45.8 Å². The predicted octanol–water partition coefficient (Wildman–Crippen LogP) is 1.71. The van der Waals surface area contributed by atoms with Crippen molar-refractivity contribution in [2.75, 3.05) is 20.3 Å². The first-order valence-corrected chi connectivity index (χ1v) is 8.41. The van der Waals surface area contributed by atoms with E-state index in [1.54, 1.807) is 18.2 Å². The number of carbonyl (C=O) groups excluding carboxylic acids is 2. The van der Waals surface area contributed by atoms with E-state index in [0.717, 1.165) is 0 Å². The first-order valence-electron chi connectivity index (χ1n) is 8.41. The second-order valence-corrected chi connectivity index (χ2v) is 7.02. The molecule has 0 amide bonds. The average molecular weight is 364 g/mol. The third kappa shape index (κ3) is 4.37. The SMILES string of the molecule is COC(=O)c1ccc(OCCOC(C)=O)c(B2OC(C)(C)C(C)(C)O2)c1. The van der Waals surface area contributed by atoms with Gasteiger partial charge in [0.05, 0.1) is 23.9 Å². The summed E-state index contributed by atoms with van der Waals surface area (Å²) in [4.78, 5) is 22.7. The van der Waals surface area contributed by atoms with Gasteiger partial charge >= 0.3 is 19.1 Å². The fourth-order valence-electron chi connectivity index (χ4n) is 2.42. The Kier molecular flexibility index (Phi) is 5.98. The molecule has 26 heavy (non-hydrogen) atoms. The quantitative estimate of drug-likeness (QED) is 0.432. The summed E-state index contributed by atoms with van der Waals surface area (Å²) in [7, 11) is 0.619. The molecular weight excluding hydrogens is 339 g/mol. The summed E-state index contributed by atoms with van der Waals surface area (Å²) in [5.41, 5.74) is -0.124. The molecule has 0 spiro atoms. The van der Waals surface area contributed by atoms with Crippen LogP contribution in [0.15, 0.2) is 18.2 Å². The Morgan fingerprint density at radius 1 is 1.08 bits per heavy atom. The molecule has 8 heteroatoms. The molecule has 1 aliphatic rings.